The number of rotatable bonds is 0. The molecular weight excluding hydrogens is 223 g/mol. The highest BCUT2D eigenvalue weighted by atomic mass is 19.4. The van der Waals surface area contributed by atoms with Gasteiger partial charge in [-0.3, -0.25) is 4.79 Å². The number of hydrogen-bond acceptors (Lipinski definition) is 2. The number of halogens is 3. The third-order valence-corrected chi connectivity index (χ3v) is 2.49. The lowest BCUT2D eigenvalue weighted by Crippen LogP contribution is -2.22. The van der Waals surface area contributed by atoms with Gasteiger partial charge in [-0.2, -0.15) is 13.2 Å². The average Bonchev–Trinajstić information content (AvgIpc) is 2.61. The van der Waals surface area contributed by atoms with Crippen LogP contribution < -0.4 is 5.43 Å². The van der Waals surface area contributed by atoms with Crippen LogP contribution in [-0.2, 0) is 13.2 Å². The van der Waals surface area contributed by atoms with Gasteiger partial charge in [0, 0.05) is 12.6 Å². The van der Waals surface area contributed by atoms with E-state index in [-0.39, 0.29) is 16.7 Å². The van der Waals surface area contributed by atoms with Gasteiger partial charge in [-0.05, 0) is 13.0 Å². The fourth-order valence-corrected chi connectivity index (χ4v) is 1.80. The average molecular weight is 231 g/mol. The number of pyridine rings is 1. The summed E-state index contributed by atoms with van der Waals surface area (Å²) in [6.07, 6.45) is -3.37. The van der Waals surface area contributed by atoms with E-state index in [0.717, 1.165) is 11.5 Å². The molecule has 2 aromatic heterocycles. The van der Waals surface area contributed by atoms with Gasteiger partial charge in [0.15, 0.2) is 5.43 Å². The van der Waals surface area contributed by atoms with Crippen LogP contribution in [-0.4, -0.2) is 4.57 Å². The fraction of sp³-hybridized carbons (Fsp3) is 0.300. The van der Waals surface area contributed by atoms with E-state index in [1.54, 1.807) is 0 Å². The van der Waals surface area contributed by atoms with E-state index in [9.17, 15) is 18.0 Å². The predicted octanol–water partition coefficient (Wildman–Crippen LogP) is 2.46. The van der Waals surface area contributed by atoms with Crippen molar-refractivity contribution in [1.82, 2.24) is 4.57 Å². The molecule has 0 aromatic carbocycles. The van der Waals surface area contributed by atoms with E-state index in [4.69, 9.17) is 4.42 Å². The van der Waals surface area contributed by atoms with Crippen LogP contribution in [0.4, 0.5) is 13.2 Å². The number of furan rings is 1. The van der Waals surface area contributed by atoms with Crippen LogP contribution in [0.25, 0.3) is 11.1 Å². The predicted molar refractivity (Wildman–Crippen MR) is 51.2 cm³/mol. The topological polar surface area (TPSA) is 35.1 Å². The molecule has 0 fully saturated rings. The molecule has 0 bridgehead atoms. The van der Waals surface area contributed by atoms with E-state index >= 15 is 0 Å². The molecule has 0 amide bonds. The summed E-state index contributed by atoms with van der Waals surface area (Å²) in [7, 11) is 1.22. The largest absolute Gasteiger partial charge is 0.448 e. The Labute approximate surface area is 88.1 Å². The van der Waals surface area contributed by atoms with E-state index in [0.29, 0.717) is 0 Å². The quantitative estimate of drug-likeness (QED) is 0.698. The first-order valence-electron chi connectivity index (χ1n) is 4.48. The van der Waals surface area contributed by atoms with Crippen molar-refractivity contribution < 1.29 is 17.6 Å². The van der Waals surface area contributed by atoms with Crippen LogP contribution in [0, 0.1) is 6.92 Å². The van der Waals surface area contributed by atoms with Crippen LogP contribution in [0.1, 0.15) is 11.3 Å². The first-order chi connectivity index (χ1) is 7.34. The van der Waals surface area contributed by atoms with Crippen molar-refractivity contribution in [2.24, 2.45) is 7.05 Å². The lowest BCUT2D eigenvalue weighted by Gasteiger charge is -2.14. The van der Waals surface area contributed by atoms with E-state index in [1.807, 2.05) is 0 Å². The van der Waals surface area contributed by atoms with Crippen molar-refractivity contribution in [3.8, 4) is 0 Å². The van der Waals surface area contributed by atoms with Gasteiger partial charge in [0.25, 0.3) is 0 Å². The molecule has 0 radical (unpaired) electrons. The normalized spacial score (nSPS) is 12.3. The lowest BCUT2D eigenvalue weighted by molar-refractivity contribution is -0.143. The van der Waals surface area contributed by atoms with Crippen molar-refractivity contribution in [3.05, 3.63) is 33.8 Å². The Morgan fingerprint density at radius 2 is 2.00 bits per heavy atom. The highest BCUT2D eigenvalue weighted by Gasteiger charge is 2.37. The summed E-state index contributed by atoms with van der Waals surface area (Å²) in [4.78, 5) is 11.6. The Balaban J connectivity index is 3.00. The maximum Gasteiger partial charge on any atom is 0.431 e. The zero-order valence-electron chi connectivity index (χ0n) is 8.55. The maximum absolute atomic E-state index is 12.7. The number of aromatic nitrogens is 1. The first kappa shape index (κ1) is 10.8. The van der Waals surface area contributed by atoms with Gasteiger partial charge in [0.1, 0.15) is 5.69 Å². The first-order valence-corrected chi connectivity index (χ1v) is 4.48. The van der Waals surface area contributed by atoms with Gasteiger partial charge in [-0.25, -0.2) is 0 Å². The van der Waals surface area contributed by atoms with Crippen LogP contribution in [0.5, 0.6) is 0 Å². The van der Waals surface area contributed by atoms with Crippen LogP contribution in [0.2, 0.25) is 0 Å². The Kier molecular flexibility index (Phi) is 2.11. The molecule has 0 aliphatic heterocycles. The molecule has 3 nitrogen and oxygen atoms in total. The summed E-state index contributed by atoms with van der Waals surface area (Å²) in [5.74, 6) is 0. The molecule has 0 aliphatic carbocycles. The molecule has 2 aromatic rings. The van der Waals surface area contributed by atoms with Gasteiger partial charge in [-0.15, -0.1) is 0 Å². The minimum Gasteiger partial charge on any atom is -0.448 e. The van der Waals surface area contributed by atoms with Crippen molar-refractivity contribution in [2.75, 3.05) is 0 Å². The smallest absolute Gasteiger partial charge is 0.431 e. The monoisotopic (exact) mass is 231 g/mol. The number of fused-ring (bicyclic) bond motifs is 1. The Morgan fingerprint density at radius 1 is 1.38 bits per heavy atom. The molecule has 6 heteroatoms. The number of hydrogen-bond donors (Lipinski definition) is 0. The zero-order chi connectivity index (χ0) is 12.1. The summed E-state index contributed by atoms with van der Waals surface area (Å²) in [5.41, 5.74) is -2.00. The molecule has 16 heavy (non-hydrogen) atoms. The molecule has 0 spiro atoms. The molecule has 2 heterocycles. The summed E-state index contributed by atoms with van der Waals surface area (Å²) in [6, 6.07) is 1.37. The molecular formula is C10H8F3NO2. The van der Waals surface area contributed by atoms with E-state index < -0.39 is 17.3 Å². The number of alkyl halides is 3. The minimum absolute atomic E-state index is 0.0667. The molecule has 2 rings (SSSR count). The highest BCUT2D eigenvalue weighted by Crippen LogP contribution is 2.32. The van der Waals surface area contributed by atoms with Crippen molar-refractivity contribution in [3.63, 3.8) is 0 Å². The molecule has 0 saturated carbocycles. The highest BCUT2D eigenvalue weighted by molar-refractivity contribution is 5.75. The molecule has 0 atom stereocenters. The van der Waals surface area contributed by atoms with E-state index in [1.165, 1.54) is 19.4 Å². The van der Waals surface area contributed by atoms with Crippen LogP contribution in [0.3, 0.4) is 0 Å². The van der Waals surface area contributed by atoms with Gasteiger partial charge in [-0.1, -0.05) is 0 Å². The third kappa shape index (κ3) is 1.33. The van der Waals surface area contributed by atoms with Crippen molar-refractivity contribution in [2.45, 2.75) is 13.1 Å². The summed E-state index contributed by atoms with van der Waals surface area (Å²) < 4.78 is 43.9. The summed E-state index contributed by atoms with van der Waals surface area (Å²) in [5, 5.41) is 0.160. The molecule has 0 N–H and O–H groups in total. The fourth-order valence-electron chi connectivity index (χ4n) is 1.80. The van der Waals surface area contributed by atoms with Crippen molar-refractivity contribution >= 4 is 11.1 Å². The van der Waals surface area contributed by atoms with Gasteiger partial charge < -0.3 is 8.98 Å². The Hall–Kier alpha value is -1.72. The van der Waals surface area contributed by atoms with E-state index in [2.05, 4.69) is 0 Å². The van der Waals surface area contributed by atoms with Gasteiger partial charge in [0.2, 0.25) is 5.71 Å². The number of nitrogens with zero attached hydrogens (tertiary/aromatic N) is 1. The second kappa shape index (κ2) is 3.13. The lowest BCUT2D eigenvalue weighted by atomic mass is 10.1. The Morgan fingerprint density at radius 3 is 2.56 bits per heavy atom. The standard InChI is InChI=1S/C10H8F3NO2/c1-5-7(15)6-3-4-16-9(6)14(2)8(5)10(11,12)13/h3-4H,1-2H3. The second-order valence-electron chi connectivity index (χ2n) is 3.50. The molecule has 0 saturated heterocycles. The Bertz CT molecular complexity index is 607. The van der Waals surface area contributed by atoms with Gasteiger partial charge >= 0.3 is 6.18 Å². The summed E-state index contributed by atoms with van der Waals surface area (Å²) >= 11 is 0. The zero-order valence-corrected chi connectivity index (χ0v) is 8.55. The molecule has 0 unspecified atom stereocenters. The van der Waals surface area contributed by atoms with Crippen molar-refractivity contribution in [1.29, 1.82) is 0 Å². The van der Waals surface area contributed by atoms with Crippen LogP contribution in [0.15, 0.2) is 21.5 Å². The molecule has 0 aliphatic rings. The maximum atomic E-state index is 12.7. The van der Waals surface area contributed by atoms with Crippen LogP contribution >= 0.6 is 0 Å². The molecule has 86 valence electrons. The number of aryl methyl sites for hydroxylation is 1. The van der Waals surface area contributed by atoms with Gasteiger partial charge in [0.05, 0.1) is 11.6 Å². The second-order valence-corrected chi connectivity index (χ2v) is 3.50. The third-order valence-electron chi connectivity index (χ3n) is 2.49. The SMILES string of the molecule is Cc1c(C(F)(F)F)n(C)c2occc2c1=O. The summed E-state index contributed by atoms with van der Waals surface area (Å²) in [6.45, 7) is 1.16. The minimum atomic E-state index is -4.57.